The van der Waals surface area contributed by atoms with Crippen molar-refractivity contribution in [3.05, 3.63) is 17.7 Å². The van der Waals surface area contributed by atoms with Gasteiger partial charge in [-0.3, -0.25) is 4.79 Å². The SMILES string of the molecule is COc1cc(C(=O)OC(C)(C)C)cc(O)c1OC(C)=O. The van der Waals surface area contributed by atoms with Crippen LogP contribution in [0, 0.1) is 0 Å². The summed E-state index contributed by atoms with van der Waals surface area (Å²) in [6.07, 6.45) is 0. The second kappa shape index (κ2) is 5.81. The Kier molecular flexibility index (Phi) is 4.60. The highest BCUT2D eigenvalue weighted by Gasteiger charge is 2.22. The minimum atomic E-state index is -0.658. The van der Waals surface area contributed by atoms with Crippen molar-refractivity contribution in [3.63, 3.8) is 0 Å². The quantitative estimate of drug-likeness (QED) is 0.676. The summed E-state index contributed by atoms with van der Waals surface area (Å²) in [4.78, 5) is 22.9. The van der Waals surface area contributed by atoms with Gasteiger partial charge in [0, 0.05) is 6.92 Å². The molecule has 0 spiro atoms. The Hall–Kier alpha value is -2.24. The molecule has 0 bridgehead atoms. The van der Waals surface area contributed by atoms with E-state index in [9.17, 15) is 14.7 Å². The third kappa shape index (κ3) is 4.15. The standard InChI is InChI=1S/C14H18O6/c1-8(15)19-12-10(16)6-9(7-11(12)18-5)13(17)20-14(2,3)4/h6-7,16H,1-5H3. The highest BCUT2D eigenvalue weighted by atomic mass is 16.6. The number of hydrogen-bond acceptors (Lipinski definition) is 6. The van der Waals surface area contributed by atoms with Gasteiger partial charge in [-0.15, -0.1) is 0 Å². The molecule has 0 aliphatic carbocycles. The summed E-state index contributed by atoms with van der Waals surface area (Å²) in [7, 11) is 1.33. The van der Waals surface area contributed by atoms with Crippen LogP contribution in [0.4, 0.5) is 0 Å². The van der Waals surface area contributed by atoms with E-state index in [1.807, 2.05) is 0 Å². The number of carbonyl (C=O) groups is 2. The third-order valence-corrected chi connectivity index (χ3v) is 2.14. The molecule has 1 rings (SSSR count). The number of carbonyl (C=O) groups excluding carboxylic acids is 2. The molecule has 0 aliphatic heterocycles. The van der Waals surface area contributed by atoms with Crippen LogP contribution in [0.15, 0.2) is 12.1 Å². The Morgan fingerprint density at radius 3 is 2.25 bits per heavy atom. The molecule has 0 heterocycles. The van der Waals surface area contributed by atoms with Crippen LogP contribution in [0.1, 0.15) is 38.1 Å². The van der Waals surface area contributed by atoms with Crippen molar-refractivity contribution in [1.82, 2.24) is 0 Å². The molecule has 0 unspecified atom stereocenters. The molecule has 0 fully saturated rings. The molecule has 20 heavy (non-hydrogen) atoms. The fraction of sp³-hybridized carbons (Fsp3) is 0.429. The lowest BCUT2D eigenvalue weighted by molar-refractivity contribution is -0.132. The van der Waals surface area contributed by atoms with Gasteiger partial charge < -0.3 is 19.3 Å². The first kappa shape index (κ1) is 15.8. The summed E-state index contributed by atoms with van der Waals surface area (Å²) in [5.41, 5.74) is -0.556. The van der Waals surface area contributed by atoms with Crippen LogP contribution >= 0.6 is 0 Å². The molecule has 0 saturated heterocycles. The zero-order chi connectivity index (χ0) is 15.5. The van der Waals surface area contributed by atoms with E-state index in [1.165, 1.54) is 20.1 Å². The fourth-order valence-electron chi connectivity index (χ4n) is 1.44. The second-order valence-electron chi connectivity index (χ2n) is 5.12. The van der Waals surface area contributed by atoms with Crippen molar-refractivity contribution < 1.29 is 28.9 Å². The summed E-state index contributed by atoms with van der Waals surface area (Å²) in [5, 5.41) is 9.83. The molecule has 1 aromatic rings. The van der Waals surface area contributed by atoms with Gasteiger partial charge in [-0.2, -0.15) is 0 Å². The summed E-state index contributed by atoms with van der Waals surface area (Å²) in [6, 6.07) is 2.50. The van der Waals surface area contributed by atoms with Gasteiger partial charge in [0.15, 0.2) is 11.5 Å². The second-order valence-corrected chi connectivity index (χ2v) is 5.12. The van der Waals surface area contributed by atoms with E-state index in [0.717, 1.165) is 6.07 Å². The minimum Gasteiger partial charge on any atom is -0.504 e. The van der Waals surface area contributed by atoms with E-state index >= 15 is 0 Å². The van der Waals surface area contributed by atoms with Crippen LogP contribution in [0.5, 0.6) is 17.2 Å². The molecule has 1 aromatic carbocycles. The summed E-state index contributed by atoms with van der Waals surface area (Å²) < 4.78 is 15.0. The average molecular weight is 282 g/mol. The zero-order valence-corrected chi connectivity index (χ0v) is 12.1. The smallest absolute Gasteiger partial charge is 0.338 e. The lowest BCUT2D eigenvalue weighted by Crippen LogP contribution is -2.23. The van der Waals surface area contributed by atoms with Crippen LogP contribution in [-0.4, -0.2) is 29.8 Å². The van der Waals surface area contributed by atoms with E-state index in [-0.39, 0.29) is 22.8 Å². The monoisotopic (exact) mass is 282 g/mol. The van der Waals surface area contributed by atoms with Gasteiger partial charge in [0.25, 0.3) is 0 Å². The van der Waals surface area contributed by atoms with Crippen LogP contribution < -0.4 is 9.47 Å². The molecule has 6 nitrogen and oxygen atoms in total. The average Bonchev–Trinajstić information content (AvgIpc) is 2.28. The van der Waals surface area contributed by atoms with Crippen LogP contribution in [0.3, 0.4) is 0 Å². The first-order chi connectivity index (χ1) is 9.14. The molecular formula is C14H18O6. The molecule has 0 saturated carbocycles. The number of phenols is 1. The molecule has 0 amide bonds. The third-order valence-electron chi connectivity index (χ3n) is 2.14. The highest BCUT2D eigenvalue weighted by Crippen LogP contribution is 2.38. The maximum atomic E-state index is 11.9. The number of hydrogen-bond donors (Lipinski definition) is 1. The predicted molar refractivity (Wildman–Crippen MR) is 71.1 cm³/mol. The first-order valence-electron chi connectivity index (χ1n) is 5.97. The molecular weight excluding hydrogens is 264 g/mol. The van der Waals surface area contributed by atoms with Gasteiger partial charge in [0.05, 0.1) is 12.7 Å². The molecule has 110 valence electrons. The van der Waals surface area contributed by atoms with Crippen LogP contribution in [0.25, 0.3) is 0 Å². The Balaban J connectivity index is 3.16. The zero-order valence-electron chi connectivity index (χ0n) is 12.1. The minimum absolute atomic E-state index is 0.0704. The molecule has 0 aliphatic rings. The van der Waals surface area contributed by atoms with Gasteiger partial charge in [0.2, 0.25) is 5.75 Å². The number of benzene rings is 1. The Morgan fingerprint density at radius 1 is 1.20 bits per heavy atom. The Bertz CT molecular complexity index is 527. The summed E-state index contributed by atoms with van der Waals surface area (Å²) in [5.74, 6) is -1.65. The number of methoxy groups -OCH3 is 1. The normalized spacial score (nSPS) is 10.8. The van der Waals surface area contributed by atoms with Gasteiger partial charge in [-0.05, 0) is 32.9 Å². The summed E-state index contributed by atoms with van der Waals surface area (Å²) in [6.45, 7) is 6.39. The van der Waals surface area contributed by atoms with Crippen molar-refractivity contribution in [2.45, 2.75) is 33.3 Å². The fourth-order valence-corrected chi connectivity index (χ4v) is 1.44. The predicted octanol–water partition coefficient (Wildman–Crippen LogP) is 2.28. The first-order valence-corrected chi connectivity index (χ1v) is 5.97. The van der Waals surface area contributed by atoms with Gasteiger partial charge in [-0.1, -0.05) is 0 Å². The van der Waals surface area contributed by atoms with Crippen LogP contribution in [0.2, 0.25) is 0 Å². The topological polar surface area (TPSA) is 82.1 Å². The number of rotatable bonds is 3. The van der Waals surface area contributed by atoms with Gasteiger partial charge in [-0.25, -0.2) is 4.79 Å². The number of ether oxygens (including phenoxy) is 3. The number of esters is 2. The van der Waals surface area contributed by atoms with Gasteiger partial charge >= 0.3 is 11.9 Å². The maximum Gasteiger partial charge on any atom is 0.338 e. The van der Waals surface area contributed by atoms with E-state index in [1.54, 1.807) is 20.8 Å². The van der Waals surface area contributed by atoms with Crippen molar-refractivity contribution in [2.24, 2.45) is 0 Å². The van der Waals surface area contributed by atoms with E-state index in [4.69, 9.17) is 14.2 Å². The molecule has 0 atom stereocenters. The van der Waals surface area contributed by atoms with Crippen molar-refractivity contribution in [1.29, 1.82) is 0 Å². The van der Waals surface area contributed by atoms with Crippen LogP contribution in [-0.2, 0) is 9.53 Å². The van der Waals surface area contributed by atoms with Crippen molar-refractivity contribution in [3.8, 4) is 17.2 Å². The molecule has 0 aromatic heterocycles. The van der Waals surface area contributed by atoms with E-state index in [2.05, 4.69) is 0 Å². The van der Waals surface area contributed by atoms with E-state index < -0.39 is 17.5 Å². The van der Waals surface area contributed by atoms with Crippen molar-refractivity contribution in [2.75, 3.05) is 7.11 Å². The number of aromatic hydroxyl groups is 1. The molecule has 0 radical (unpaired) electrons. The van der Waals surface area contributed by atoms with E-state index in [0.29, 0.717) is 0 Å². The molecule has 6 heteroatoms. The van der Waals surface area contributed by atoms with Gasteiger partial charge in [0.1, 0.15) is 5.60 Å². The molecule has 1 N–H and O–H groups in total. The lowest BCUT2D eigenvalue weighted by atomic mass is 10.1. The Labute approximate surface area is 117 Å². The van der Waals surface area contributed by atoms with Crippen molar-refractivity contribution >= 4 is 11.9 Å². The Morgan fingerprint density at radius 2 is 1.80 bits per heavy atom. The highest BCUT2D eigenvalue weighted by molar-refractivity contribution is 5.91. The largest absolute Gasteiger partial charge is 0.504 e. The number of phenolic OH excluding ortho intramolecular Hbond substituents is 1. The maximum absolute atomic E-state index is 11.9. The lowest BCUT2D eigenvalue weighted by Gasteiger charge is -2.20. The summed E-state index contributed by atoms with van der Waals surface area (Å²) >= 11 is 0.